The van der Waals surface area contributed by atoms with Crippen LogP contribution in [0, 0.1) is 23.2 Å². The predicted octanol–water partition coefficient (Wildman–Crippen LogP) is 3.90. The van der Waals surface area contributed by atoms with Gasteiger partial charge in [0.25, 0.3) is 0 Å². The zero-order chi connectivity index (χ0) is 25.2. The van der Waals surface area contributed by atoms with Crippen LogP contribution >= 0.6 is 0 Å². The number of hydrogen-bond acceptors (Lipinski definition) is 5. The third kappa shape index (κ3) is 3.89. The van der Waals surface area contributed by atoms with Gasteiger partial charge in [-0.25, -0.2) is 4.79 Å². The van der Waals surface area contributed by atoms with Gasteiger partial charge in [0, 0.05) is 31.0 Å². The summed E-state index contributed by atoms with van der Waals surface area (Å²) in [6.07, 6.45) is 12.4. The molecule has 4 bridgehead atoms. The van der Waals surface area contributed by atoms with Crippen LogP contribution in [0.5, 0.6) is 0 Å². The molecule has 5 aliphatic carbocycles. The number of ether oxygens (including phenoxy) is 1. The molecular weight excluding hydrogens is 456 g/mol. The van der Waals surface area contributed by atoms with Gasteiger partial charge >= 0.3 is 11.7 Å². The summed E-state index contributed by atoms with van der Waals surface area (Å²) in [6.45, 7) is 6.06. The number of rotatable bonds is 6. The minimum absolute atomic E-state index is 0.0568. The lowest BCUT2D eigenvalue weighted by Gasteiger charge is -2.59. The average Bonchev–Trinajstić information content (AvgIpc) is 3.38. The van der Waals surface area contributed by atoms with Crippen molar-refractivity contribution in [2.75, 3.05) is 6.54 Å². The van der Waals surface area contributed by atoms with Crippen LogP contribution in [0.1, 0.15) is 83.0 Å². The van der Waals surface area contributed by atoms with Crippen LogP contribution in [0.25, 0.3) is 17.1 Å². The molecule has 8 heteroatoms. The Labute approximate surface area is 210 Å². The highest BCUT2D eigenvalue weighted by Crippen LogP contribution is 2.63. The summed E-state index contributed by atoms with van der Waals surface area (Å²) in [4.78, 5) is 46.3. The molecule has 8 nitrogen and oxygen atoms in total. The van der Waals surface area contributed by atoms with Crippen LogP contribution in [0.4, 0.5) is 0 Å². The monoisotopic (exact) mass is 492 g/mol. The zero-order valence-electron chi connectivity index (χ0n) is 21.4. The van der Waals surface area contributed by atoms with Crippen molar-refractivity contribution in [3.63, 3.8) is 0 Å². The molecular formula is C28H36N4O4. The van der Waals surface area contributed by atoms with E-state index in [0.717, 1.165) is 60.8 Å². The quantitative estimate of drug-likeness (QED) is 0.470. The van der Waals surface area contributed by atoms with E-state index < -0.39 is 5.60 Å². The molecule has 5 aliphatic rings. The van der Waals surface area contributed by atoms with E-state index in [1.807, 2.05) is 25.3 Å². The van der Waals surface area contributed by atoms with E-state index in [4.69, 9.17) is 4.74 Å². The topological polar surface area (TPSA) is 106 Å². The minimum atomic E-state index is -0.490. The molecule has 2 atom stereocenters. The van der Waals surface area contributed by atoms with Gasteiger partial charge in [-0.2, -0.15) is 0 Å². The summed E-state index contributed by atoms with van der Waals surface area (Å²) >= 11 is 0. The number of carbonyl (C=O) groups is 2. The Bertz CT molecular complexity index is 1300. The molecule has 0 aromatic carbocycles. The molecule has 2 heterocycles. The highest BCUT2D eigenvalue weighted by Gasteiger charge is 2.59. The molecule has 0 aliphatic heterocycles. The standard InChI is InChI=1S/C28H36N4O4/c1-27(2,3)36-22(33)8-5-9-29-25(34)28-12-16-10-17(13-28)23(18(11-16)14-28)32-24-19-6-4-7-20(19)30-15-21(24)31-26(32)35/h4,6,15-18,23H,5,7-14H2,1-3H3,(H,29,34)(H,31,35). The predicted molar refractivity (Wildman–Crippen MR) is 136 cm³/mol. The summed E-state index contributed by atoms with van der Waals surface area (Å²) in [5.41, 5.74) is 2.98. The molecule has 7 rings (SSSR count). The molecule has 2 aromatic rings. The number of allylic oxidation sites excluding steroid dienone is 1. The van der Waals surface area contributed by atoms with Gasteiger partial charge in [0.05, 0.1) is 28.3 Å². The molecule has 0 radical (unpaired) electrons. The van der Waals surface area contributed by atoms with Crippen LogP contribution in [-0.4, -0.2) is 38.6 Å². The van der Waals surface area contributed by atoms with Crippen LogP contribution < -0.4 is 11.0 Å². The fourth-order valence-corrected chi connectivity index (χ4v) is 7.81. The van der Waals surface area contributed by atoms with Crippen molar-refractivity contribution in [2.45, 2.75) is 83.8 Å². The average molecular weight is 493 g/mol. The number of imidazole rings is 1. The fraction of sp³-hybridized carbons (Fsp3) is 0.643. The van der Waals surface area contributed by atoms with E-state index in [1.54, 1.807) is 6.20 Å². The van der Waals surface area contributed by atoms with Crippen molar-refractivity contribution in [1.82, 2.24) is 19.9 Å². The van der Waals surface area contributed by atoms with Crippen LogP contribution in [-0.2, 0) is 20.7 Å². The van der Waals surface area contributed by atoms with Crippen LogP contribution in [0.15, 0.2) is 17.1 Å². The summed E-state index contributed by atoms with van der Waals surface area (Å²) in [6, 6.07) is 0.122. The molecule has 2 aromatic heterocycles. The minimum Gasteiger partial charge on any atom is -0.460 e. The highest BCUT2D eigenvalue weighted by molar-refractivity contribution is 5.87. The SMILES string of the molecule is CC(C)(C)OC(=O)CCCNC(=O)C12CC3CC(C1)C(n1c(=O)[nH]c4cnc5c(c41)C=CC5)C(C3)C2. The Balaban J connectivity index is 1.18. The lowest BCUT2D eigenvalue weighted by molar-refractivity contribution is -0.155. The van der Waals surface area contributed by atoms with Gasteiger partial charge < -0.3 is 15.0 Å². The van der Waals surface area contributed by atoms with Gasteiger partial charge in [0.15, 0.2) is 0 Å². The van der Waals surface area contributed by atoms with Gasteiger partial charge in [0.1, 0.15) is 5.60 Å². The molecule has 192 valence electrons. The molecule has 36 heavy (non-hydrogen) atoms. The van der Waals surface area contributed by atoms with E-state index in [0.29, 0.717) is 37.1 Å². The van der Waals surface area contributed by atoms with Gasteiger partial charge in [-0.3, -0.25) is 19.1 Å². The summed E-state index contributed by atoms with van der Waals surface area (Å²) < 4.78 is 7.39. The Kier molecular flexibility index (Phi) is 5.43. The second kappa shape index (κ2) is 8.32. The van der Waals surface area contributed by atoms with E-state index in [-0.39, 0.29) is 29.0 Å². The first kappa shape index (κ1) is 23.5. The van der Waals surface area contributed by atoms with E-state index in [2.05, 4.69) is 27.4 Å². The Hall–Kier alpha value is -2.90. The van der Waals surface area contributed by atoms with E-state index in [1.165, 1.54) is 0 Å². The number of fused-ring (bicyclic) bond motifs is 3. The first-order valence-electron chi connectivity index (χ1n) is 13.4. The van der Waals surface area contributed by atoms with Gasteiger partial charge in [-0.15, -0.1) is 0 Å². The van der Waals surface area contributed by atoms with Crippen molar-refractivity contribution in [3.8, 4) is 0 Å². The first-order chi connectivity index (χ1) is 17.1. The van der Waals surface area contributed by atoms with Gasteiger partial charge in [0.2, 0.25) is 5.91 Å². The normalized spacial score (nSPS) is 30.1. The van der Waals surface area contributed by atoms with Crippen molar-refractivity contribution in [3.05, 3.63) is 34.0 Å². The van der Waals surface area contributed by atoms with Crippen LogP contribution in [0.2, 0.25) is 0 Å². The molecule has 0 spiro atoms. The molecule has 0 saturated heterocycles. The zero-order valence-corrected chi connectivity index (χ0v) is 21.4. The maximum atomic E-state index is 13.5. The number of hydrogen-bond donors (Lipinski definition) is 2. The molecule has 4 saturated carbocycles. The van der Waals surface area contributed by atoms with Gasteiger partial charge in [-0.05, 0) is 77.0 Å². The molecule has 2 N–H and O–H groups in total. The van der Waals surface area contributed by atoms with E-state index in [9.17, 15) is 14.4 Å². The number of nitrogens with one attached hydrogen (secondary N) is 2. The number of aromatic nitrogens is 3. The molecule has 1 amide bonds. The van der Waals surface area contributed by atoms with Gasteiger partial charge in [-0.1, -0.05) is 12.2 Å². The number of H-pyrrole nitrogens is 1. The summed E-state index contributed by atoms with van der Waals surface area (Å²) in [7, 11) is 0. The first-order valence-corrected chi connectivity index (χ1v) is 13.4. The molecule has 2 unspecified atom stereocenters. The molecule has 4 fully saturated rings. The Morgan fingerprint density at radius 2 is 1.97 bits per heavy atom. The van der Waals surface area contributed by atoms with Crippen molar-refractivity contribution < 1.29 is 14.3 Å². The second-order valence-corrected chi connectivity index (χ2v) is 12.5. The van der Waals surface area contributed by atoms with Crippen LogP contribution in [0.3, 0.4) is 0 Å². The van der Waals surface area contributed by atoms with Crippen molar-refractivity contribution in [1.29, 1.82) is 0 Å². The third-order valence-electron chi connectivity index (χ3n) is 8.73. The number of carbonyl (C=O) groups excluding carboxylic acids is 2. The Morgan fingerprint density at radius 1 is 1.22 bits per heavy atom. The highest BCUT2D eigenvalue weighted by atomic mass is 16.6. The number of pyridine rings is 1. The second-order valence-electron chi connectivity index (χ2n) is 12.5. The fourth-order valence-electron chi connectivity index (χ4n) is 7.81. The summed E-state index contributed by atoms with van der Waals surface area (Å²) in [5.74, 6) is 1.07. The van der Waals surface area contributed by atoms with E-state index >= 15 is 0 Å². The Morgan fingerprint density at radius 3 is 2.69 bits per heavy atom. The number of nitrogens with zero attached hydrogens (tertiary/aromatic N) is 2. The number of amides is 1. The number of esters is 1. The largest absolute Gasteiger partial charge is 0.460 e. The van der Waals surface area contributed by atoms with Crippen molar-refractivity contribution in [2.24, 2.45) is 23.2 Å². The smallest absolute Gasteiger partial charge is 0.326 e. The number of aromatic amines is 1. The maximum Gasteiger partial charge on any atom is 0.326 e. The third-order valence-corrected chi connectivity index (χ3v) is 8.73. The van der Waals surface area contributed by atoms with Crippen molar-refractivity contribution >= 4 is 29.0 Å². The summed E-state index contributed by atoms with van der Waals surface area (Å²) in [5, 5.41) is 3.14. The lowest BCUT2D eigenvalue weighted by atomic mass is 9.47. The lowest BCUT2D eigenvalue weighted by Crippen LogP contribution is -2.57. The maximum absolute atomic E-state index is 13.5.